The third kappa shape index (κ3) is 3.56. The first-order chi connectivity index (χ1) is 9.05. The zero-order chi connectivity index (χ0) is 13.9. The van der Waals surface area contributed by atoms with Crippen LogP contribution in [-0.2, 0) is 17.8 Å². The summed E-state index contributed by atoms with van der Waals surface area (Å²) in [5.41, 5.74) is 4.94. The monoisotopic (exact) mass is 264 g/mol. The van der Waals surface area contributed by atoms with Crippen molar-refractivity contribution in [3.63, 3.8) is 0 Å². The fourth-order valence-corrected chi connectivity index (χ4v) is 2.28. The number of nitrogens with one attached hydrogen (secondary N) is 1. The predicted molar refractivity (Wildman–Crippen MR) is 74.6 cm³/mol. The van der Waals surface area contributed by atoms with Gasteiger partial charge >= 0.3 is 0 Å². The van der Waals surface area contributed by atoms with Gasteiger partial charge in [-0.15, -0.1) is 0 Å². The molecule has 1 aromatic rings. The van der Waals surface area contributed by atoms with E-state index < -0.39 is 5.54 Å². The van der Waals surface area contributed by atoms with Crippen LogP contribution in [0.5, 0.6) is 0 Å². The summed E-state index contributed by atoms with van der Waals surface area (Å²) in [7, 11) is 0. The van der Waals surface area contributed by atoms with Crippen molar-refractivity contribution in [3.05, 3.63) is 18.2 Å². The van der Waals surface area contributed by atoms with E-state index in [1.807, 2.05) is 19.3 Å². The van der Waals surface area contributed by atoms with Gasteiger partial charge in [-0.3, -0.25) is 4.79 Å². The molecule has 2 rings (SSSR count). The fourth-order valence-electron chi connectivity index (χ4n) is 2.28. The van der Waals surface area contributed by atoms with Crippen LogP contribution in [0.3, 0.4) is 0 Å². The molecule has 1 aliphatic carbocycles. The van der Waals surface area contributed by atoms with Gasteiger partial charge in [0.05, 0.1) is 5.54 Å². The molecule has 19 heavy (non-hydrogen) atoms. The zero-order valence-electron chi connectivity index (χ0n) is 11.9. The molecular weight excluding hydrogens is 240 g/mol. The SMILES string of the molecule is CCCc1nccn1CCC(C)(NC1CC1)C(N)=O. The molecule has 1 unspecified atom stereocenters. The van der Waals surface area contributed by atoms with Gasteiger partial charge in [0.1, 0.15) is 5.82 Å². The van der Waals surface area contributed by atoms with Crippen LogP contribution in [0.4, 0.5) is 0 Å². The Bertz CT molecular complexity index is 438. The Kier molecular flexibility index (Phi) is 4.24. The van der Waals surface area contributed by atoms with E-state index in [0.717, 1.165) is 38.1 Å². The van der Waals surface area contributed by atoms with Crippen LogP contribution in [0.1, 0.15) is 45.4 Å². The second-order valence-electron chi connectivity index (χ2n) is 5.65. The Morgan fingerprint density at radius 2 is 2.37 bits per heavy atom. The summed E-state index contributed by atoms with van der Waals surface area (Å²) in [4.78, 5) is 16.0. The van der Waals surface area contributed by atoms with E-state index in [4.69, 9.17) is 5.73 Å². The van der Waals surface area contributed by atoms with Crippen molar-refractivity contribution in [2.24, 2.45) is 5.73 Å². The van der Waals surface area contributed by atoms with Crippen LogP contribution in [-0.4, -0.2) is 27.0 Å². The van der Waals surface area contributed by atoms with Gasteiger partial charge in [0, 0.05) is 31.4 Å². The second-order valence-corrected chi connectivity index (χ2v) is 5.65. The average molecular weight is 264 g/mol. The van der Waals surface area contributed by atoms with Gasteiger partial charge in [0.15, 0.2) is 0 Å². The van der Waals surface area contributed by atoms with Crippen molar-refractivity contribution in [1.82, 2.24) is 14.9 Å². The maximum atomic E-state index is 11.7. The lowest BCUT2D eigenvalue weighted by atomic mass is 9.96. The number of aromatic nitrogens is 2. The van der Waals surface area contributed by atoms with Crippen molar-refractivity contribution in [1.29, 1.82) is 0 Å². The number of aryl methyl sites for hydroxylation is 2. The Labute approximate surface area is 114 Å². The van der Waals surface area contributed by atoms with Crippen LogP contribution in [0, 0.1) is 0 Å². The van der Waals surface area contributed by atoms with Gasteiger partial charge in [0.2, 0.25) is 5.91 Å². The van der Waals surface area contributed by atoms with Gasteiger partial charge in [-0.25, -0.2) is 4.98 Å². The van der Waals surface area contributed by atoms with E-state index in [0.29, 0.717) is 12.5 Å². The standard InChI is InChI=1S/C14H24N4O/c1-3-4-12-16-8-10-18(12)9-7-14(2,13(15)19)17-11-5-6-11/h8,10-11,17H,3-7,9H2,1-2H3,(H2,15,19). The lowest BCUT2D eigenvalue weighted by molar-refractivity contribution is -0.124. The summed E-state index contributed by atoms with van der Waals surface area (Å²) >= 11 is 0. The molecule has 1 aliphatic rings. The Morgan fingerprint density at radius 1 is 1.63 bits per heavy atom. The highest BCUT2D eigenvalue weighted by atomic mass is 16.1. The number of primary amides is 1. The minimum Gasteiger partial charge on any atom is -0.368 e. The smallest absolute Gasteiger partial charge is 0.237 e. The largest absolute Gasteiger partial charge is 0.368 e. The topological polar surface area (TPSA) is 72.9 Å². The van der Waals surface area contributed by atoms with E-state index in [9.17, 15) is 4.79 Å². The molecule has 1 saturated carbocycles. The molecule has 3 N–H and O–H groups in total. The molecule has 0 spiro atoms. The van der Waals surface area contributed by atoms with Crippen molar-refractivity contribution >= 4 is 5.91 Å². The Morgan fingerprint density at radius 3 is 2.95 bits per heavy atom. The first-order valence-electron chi connectivity index (χ1n) is 7.13. The third-order valence-electron chi connectivity index (χ3n) is 3.77. The van der Waals surface area contributed by atoms with Gasteiger partial charge in [0.25, 0.3) is 0 Å². The van der Waals surface area contributed by atoms with Gasteiger partial charge in [-0.1, -0.05) is 6.92 Å². The van der Waals surface area contributed by atoms with E-state index in [2.05, 4.69) is 21.8 Å². The highest BCUT2D eigenvalue weighted by Gasteiger charge is 2.36. The number of amides is 1. The number of nitrogens with zero attached hydrogens (tertiary/aromatic N) is 2. The Balaban J connectivity index is 1.97. The van der Waals surface area contributed by atoms with Crippen molar-refractivity contribution in [3.8, 4) is 0 Å². The molecule has 0 aromatic carbocycles. The van der Waals surface area contributed by atoms with E-state index in [1.165, 1.54) is 0 Å². The van der Waals surface area contributed by atoms with Crippen LogP contribution >= 0.6 is 0 Å². The molecule has 106 valence electrons. The predicted octanol–water partition coefficient (Wildman–Crippen LogP) is 1.22. The lowest BCUT2D eigenvalue weighted by Crippen LogP contribution is -2.54. The van der Waals surface area contributed by atoms with Crippen molar-refractivity contribution < 1.29 is 4.79 Å². The molecule has 0 bridgehead atoms. The maximum Gasteiger partial charge on any atom is 0.237 e. The minimum absolute atomic E-state index is 0.267. The van der Waals surface area contributed by atoms with Crippen LogP contribution in [0.15, 0.2) is 12.4 Å². The highest BCUT2D eigenvalue weighted by Crippen LogP contribution is 2.24. The van der Waals surface area contributed by atoms with Gasteiger partial charge in [-0.2, -0.15) is 0 Å². The first-order valence-corrected chi connectivity index (χ1v) is 7.13. The molecule has 5 nitrogen and oxygen atoms in total. The van der Waals surface area contributed by atoms with Gasteiger partial charge in [-0.05, 0) is 32.6 Å². The molecule has 1 amide bonds. The first kappa shape index (κ1) is 14.1. The molecule has 1 fully saturated rings. The molecule has 0 radical (unpaired) electrons. The molecule has 0 aliphatic heterocycles. The van der Waals surface area contributed by atoms with Crippen molar-refractivity contribution in [2.45, 2.75) is 64.1 Å². The summed E-state index contributed by atoms with van der Waals surface area (Å²) in [6.07, 6.45) is 8.83. The zero-order valence-corrected chi connectivity index (χ0v) is 11.9. The maximum absolute atomic E-state index is 11.7. The van der Waals surface area contributed by atoms with Crippen LogP contribution in [0.2, 0.25) is 0 Å². The minimum atomic E-state index is -0.616. The number of carbonyl (C=O) groups excluding carboxylic acids is 1. The molecule has 1 heterocycles. The summed E-state index contributed by atoms with van der Waals surface area (Å²) in [5, 5.41) is 3.37. The highest BCUT2D eigenvalue weighted by molar-refractivity contribution is 5.84. The molecule has 1 atom stereocenters. The second kappa shape index (κ2) is 5.74. The molecule has 1 aromatic heterocycles. The number of hydrogen-bond donors (Lipinski definition) is 2. The van der Waals surface area contributed by atoms with Crippen LogP contribution in [0.25, 0.3) is 0 Å². The number of imidazole rings is 1. The molecule has 5 heteroatoms. The Hall–Kier alpha value is -1.36. The van der Waals surface area contributed by atoms with Crippen LogP contribution < -0.4 is 11.1 Å². The third-order valence-corrected chi connectivity index (χ3v) is 3.77. The molecule has 0 saturated heterocycles. The van der Waals surface area contributed by atoms with E-state index in [-0.39, 0.29) is 5.91 Å². The molecular formula is C14H24N4O. The van der Waals surface area contributed by atoms with Gasteiger partial charge < -0.3 is 15.6 Å². The lowest BCUT2D eigenvalue weighted by Gasteiger charge is -2.28. The average Bonchev–Trinajstić information content (AvgIpc) is 3.05. The number of nitrogens with two attached hydrogens (primary N) is 1. The summed E-state index contributed by atoms with van der Waals surface area (Å²) in [6, 6.07) is 0.468. The summed E-state index contributed by atoms with van der Waals surface area (Å²) in [6.45, 7) is 4.82. The quantitative estimate of drug-likeness (QED) is 0.741. The number of rotatable bonds is 8. The fraction of sp³-hybridized carbons (Fsp3) is 0.714. The van der Waals surface area contributed by atoms with E-state index >= 15 is 0 Å². The number of carbonyl (C=O) groups is 1. The summed E-state index contributed by atoms with van der Waals surface area (Å²) in [5.74, 6) is 0.817. The van der Waals surface area contributed by atoms with Crippen molar-refractivity contribution in [2.75, 3.05) is 0 Å². The number of hydrogen-bond acceptors (Lipinski definition) is 3. The normalized spacial score (nSPS) is 18.2. The van der Waals surface area contributed by atoms with E-state index in [1.54, 1.807) is 0 Å². The summed E-state index contributed by atoms with van der Waals surface area (Å²) < 4.78 is 2.12.